The Bertz CT molecular complexity index is 1200. The van der Waals surface area contributed by atoms with E-state index in [4.69, 9.17) is 0 Å². The lowest BCUT2D eigenvalue weighted by Crippen LogP contribution is -2.34. The first-order valence-corrected chi connectivity index (χ1v) is 12.1. The van der Waals surface area contributed by atoms with Crippen LogP contribution in [0.1, 0.15) is 54.0 Å². The average Bonchev–Trinajstić information content (AvgIpc) is 2.82. The largest absolute Gasteiger partial charge is 0.192 e. The standard InChI is InChI=1S/C32H34B/c1-7-21(2)26-13-15-28(16-14-26)30-19-24(5)32(25(6)20-30)33-31-22(3)17-29(18-23(31)4)27-11-9-8-10-12-27/h8-21H,7H2,1-6H3. The van der Waals surface area contributed by atoms with E-state index in [-0.39, 0.29) is 0 Å². The maximum atomic E-state index is 2.37. The van der Waals surface area contributed by atoms with Gasteiger partial charge in [-0.05, 0) is 67.9 Å². The molecular formula is C32H34B. The Kier molecular flexibility index (Phi) is 6.89. The molecule has 0 spiro atoms. The predicted molar refractivity (Wildman–Crippen MR) is 146 cm³/mol. The molecule has 0 saturated heterocycles. The molecule has 1 radical (unpaired) electrons. The molecule has 4 rings (SSSR count). The number of hydrogen-bond donors (Lipinski definition) is 0. The summed E-state index contributed by atoms with van der Waals surface area (Å²) in [7, 11) is 2.37. The van der Waals surface area contributed by atoms with Crippen LogP contribution >= 0.6 is 0 Å². The fourth-order valence-electron chi connectivity index (χ4n) is 4.75. The Balaban J connectivity index is 1.63. The number of benzene rings is 4. The Morgan fingerprint density at radius 2 is 1.00 bits per heavy atom. The molecule has 0 fully saturated rings. The highest BCUT2D eigenvalue weighted by Gasteiger charge is 2.14. The zero-order valence-electron chi connectivity index (χ0n) is 20.9. The zero-order chi connectivity index (χ0) is 23.5. The lowest BCUT2D eigenvalue weighted by Gasteiger charge is -2.17. The third-order valence-electron chi connectivity index (χ3n) is 7.01. The molecule has 0 bridgehead atoms. The van der Waals surface area contributed by atoms with Crippen molar-refractivity contribution in [3.63, 3.8) is 0 Å². The number of rotatable bonds is 6. The molecular weight excluding hydrogens is 395 g/mol. The van der Waals surface area contributed by atoms with Crippen LogP contribution in [0.15, 0.2) is 78.9 Å². The monoisotopic (exact) mass is 429 g/mol. The van der Waals surface area contributed by atoms with E-state index in [0.29, 0.717) is 5.92 Å². The summed E-state index contributed by atoms with van der Waals surface area (Å²) < 4.78 is 0. The van der Waals surface area contributed by atoms with Gasteiger partial charge in [-0.15, -0.1) is 0 Å². The molecule has 4 aromatic carbocycles. The Morgan fingerprint density at radius 3 is 1.42 bits per heavy atom. The van der Waals surface area contributed by atoms with Gasteiger partial charge >= 0.3 is 0 Å². The third-order valence-corrected chi connectivity index (χ3v) is 7.01. The molecule has 4 aromatic rings. The zero-order valence-corrected chi connectivity index (χ0v) is 20.9. The molecule has 0 N–H and O–H groups in total. The van der Waals surface area contributed by atoms with Crippen molar-refractivity contribution in [2.24, 2.45) is 0 Å². The molecule has 0 amide bonds. The van der Waals surface area contributed by atoms with Gasteiger partial charge in [-0.3, -0.25) is 0 Å². The van der Waals surface area contributed by atoms with Gasteiger partial charge in [0.05, 0.1) is 0 Å². The second-order valence-corrected chi connectivity index (χ2v) is 9.49. The van der Waals surface area contributed by atoms with Crippen molar-refractivity contribution in [3.05, 3.63) is 107 Å². The van der Waals surface area contributed by atoms with Crippen LogP contribution in [0, 0.1) is 27.7 Å². The number of hydrogen-bond acceptors (Lipinski definition) is 0. The summed E-state index contributed by atoms with van der Waals surface area (Å²) in [4.78, 5) is 0. The topological polar surface area (TPSA) is 0 Å². The quantitative estimate of drug-likeness (QED) is 0.280. The van der Waals surface area contributed by atoms with E-state index < -0.39 is 0 Å². The van der Waals surface area contributed by atoms with Gasteiger partial charge in [0.25, 0.3) is 0 Å². The molecule has 1 heteroatoms. The highest BCUT2D eigenvalue weighted by Crippen LogP contribution is 2.26. The van der Waals surface area contributed by atoms with Crippen LogP contribution < -0.4 is 10.9 Å². The maximum absolute atomic E-state index is 2.37. The highest BCUT2D eigenvalue weighted by molar-refractivity contribution is 6.69. The van der Waals surface area contributed by atoms with Gasteiger partial charge in [-0.2, -0.15) is 0 Å². The van der Waals surface area contributed by atoms with Gasteiger partial charge < -0.3 is 0 Å². The molecule has 0 aliphatic heterocycles. The Morgan fingerprint density at radius 1 is 0.576 bits per heavy atom. The van der Waals surface area contributed by atoms with E-state index in [2.05, 4.69) is 128 Å². The van der Waals surface area contributed by atoms with E-state index in [1.165, 1.54) is 67.4 Å². The van der Waals surface area contributed by atoms with Crippen molar-refractivity contribution in [1.82, 2.24) is 0 Å². The summed E-state index contributed by atoms with van der Waals surface area (Å²) in [6.07, 6.45) is 1.17. The summed E-state index contributed by atoms with van der Waals surface area (Å²) >= 11 is 0. The maximum Gasteiger partial charge on any atom is 0.192 e. The molecule has 165 valence electrons. The van der Waals surface area contributed by atoms with Gasteiger partial charge in [-0.25, -0.2) is 0 Å². The molecule has 33 heavy (non-hydrogen) atoms. The minimum Gasteiger partial charge on any atom is -0.0756 e. The fraction of sp³-hybridized carbons (Fsp3) is 0.250. The minimum atomic E-state index is 0.610. The summed E-state index contributed by atoms with van der Waals surface area (Å²) in [6, 6.07) is 29.0. The van der Waals surface area contributed by atoms with E-state index in [9.17, 15) is 0 Å². The van der Waals surface area contributed by atoms with Gasteiger partial charge in [0, 0.05) is 0 Å². The molecule has 0 aliphatic carbocycles. The summed E-state index contributed by atoms with van der Waals surface area (Å²) in [5, 5.41) is 0. The molecule has 0 nitrogen and oxygen atoms in total. The first kappa shape index (κ1) is 23.1. The summed E-state index contributed by atoms with van der Waals surface area (Å²) in [6.45, 7) is 13.5. The van der Waals surface area contributed by atoms with Crippen LogP contribution in [0.2, 0.25) is 0 Å². The smallest absolute Gasteiger partial charge is 0.0756 e. The van der Waals surface area contributed by atoms with Crippen LogP contribution in [0.4, 0.5) is 0 Å². The third kappa shape index (κ3) is 4.98. The SMILES string of the molecule is CCC(C)c1ccc(-c2cc(C)c([B]c3c(C)cc(-c4ccccc4)cc3C)c(C)c2)cc1. The van der Waals surface area contributed by atoms with E-state index >= 15 is 0 Å². The van der Waals surface area contributed by atoms with Gasteiger partial charge in [0.2, 0.25) is 0 Å². The fourth-order valence-corrected chi connectivity index (χ4v) is 4.75. The van der Waals surface area contributed by atoms with Gasteiger partial charge in [-0.1, -0.05) is 126 Å². The Labute approximate surface area is 201 Å². The van der Waals surface area contributed by atoms with Crippen molar-refractivity contribution < 1.29 is 0 Å². The van der Waals surface area contributed by atoms with Crippen LogP contribution in [0.3, 0.4) is 0 Å². The summed E-state index contributed by atoms with van der Waals surface area (Å²) in [5.41, 5.74) is 14.5. The minimum absolute atomic E-state index is 0.610. The van der Waals surface area contributed by atoms with Crippen molar-refractivity contribution >= 4 is 18.2 Å². The van der Waals surface area contributed by atoms with Gasteiger partial charge in [0.1, 0.15) is 0 Å². The van der Waals surface area contributed by atoms with Crippen molar-refractivity contribution in [2.75, 3.05) is 0 Å². The van der Waals surface area contributed by atoms with Crippen LogP contribution in [-0.2, 0) is 0 Å². The molecule has 0 aromatic heterocycles. The first-order valence-electron chi connectivity index (χ1n) is 12.1. The first-order chi connectivity index (χ1) is 15.9. The predicted octanol–water partition coefficient (Wildman–Crippen LogP) is 7.42. The normalized spacial score (nSPS) is 11.9. The van der Waals surface area contributed by atoms with Crippen molar-refractivity contribution in [1.29, 1.82) is 0 Å². The molecule has 0 saturated carbocycles. The van der Waals surface area contributed by atoms with E-state index in [1.54, 1.807) is 0 Å². The summed E-state index contributed by atoms with van der Waals surface area (Å²) in [5.74, 6) is 0.610. The average molecular weight is 429 g/mol. The van der Waals surface area contributed by atoms with Crippen molar-refractivity contribution in [3.8, 4) is 22.3 Å². The van der Waals surface area contributed by atoms with Crippen LogP contribution in [0.5, 0.6) is 0 Å². The highest BCUT2D eigenvalue weighted by atomic mass is 14.1. The van der Waals surface area contributed by atoms with Crippen LogP contribution in [-0.4, -0.2) is 7.28 Å². The molecule has 1 atom stereocenters. The molecule has 1 unspecified atom stereocenters. The second kappa shape index (κ2) is 9.83. The second-order valence-electron chi connectivity index (χ2n) is 9.49. The van der Waals surface area contributed by atoms with E-state index in [0.717, 1.165) is 0 Å². The van der Waals surface area contributed by atoms with Gasteiger partial charge in [0.15, 0.2) is 7.28 Å². The lowest BCUT2D eigenvalue weighted by atomic mass is 9.58. The molecule has 0 aliphatic rings. The van der Waals surface area contributed by atoms with Crippen molar-refractivity contribution in [2.45, 2.75) is 53.9 Å². The number of aryl methyl sites for hydroxylation is 4. The van der Waals surface area contributed by atoms with Crippen LogP contribution in [0.25, 0.3) is 22.3 Å². The van der Waals surface area contributed by atoms with E-state index in [1.807, 2.05) is 0 Å². The molecule has 0 heterocycles. The Hall–Kier alpha value is -3.06. The lowest BCUT2D eigenvalue weighted by molar-refractivity contribution is 0.734.